The standard InChI is InChI=1S/C28H23N3O5S3/c1-3-12-31-26(33)22-19(20-11-8-13-36-20)15-38-24(22)30-28(31)39-16-21(32)29-25-23(27(34)35-4-2)18(14-37-25)17-9-6-5-7-10-17/h3,5-11,13-15H,1,4,12,16H2,2H3,(H,29,32). The molecule has 4 heterocycles. The van der Waals surface area contributed by atoms with Crippen LogP contribution < -0.4 is 10.9 Å². The molecule has 0 radical (unpaired) electrons. The van der Waals surface area contributed by atoms with Gasteiger partial charge in [-0.05, 0) is 24.6 Å². The zero-order valence-corrected chi connectivity index (χ0v) is 23.3. The van der Waals surface area contributed by atoms with Gasteiger partial charge in [0.1, 0.15) is 21.2 Å². The lowest BCUT2D eigenvalue weighted by Gasteiger charge is -2.11. The van der Waals surface area contributed by atoms with Crippen LogP contribution in [0.2, 0.25) is 0 Å². The number of aromatic nitrogens is 2. The van der Waals surface area contributed by atoms with Crippen LogP contribution in [0.15, 0.2) is 86.5 Å². The third-order valence-electron chi connectivity index (χ3n) is 5.70. The normalized spacial score (nSPS) is 11.0. The Balaban J connectivity index is 1.40. The van der Waals surface area contributed by atoms with Gasteiger partial charge in [-0.3, -0.25) is 14.2 Å². The molecule has 11 heteroatoms. The Morgan fingerprint density at radius 2 is 1.95 bits per heavy atom. The lowest BCUT2D eigenvalue weighted by molar-refractivity contribution is -0.113. The minimum atomic E-state index is -0.502. The van der Waals surface area contributed by atoms with Crippen molar-refractivity contribution in [3.63, 3.8) is 0 Å². The van der Waals surface area contributed by atoms with Crippen LogP contribution >= 0.6 is 34.4 Å². The molecule has 0 saturated carbocycles. The molecule has 4 aromatic heterocycles. The first-order valence-corrected chi connectivity index (χ1v) is 14.7. The number of rotatable bonds is 10. The van der Waals surface area contributed by atoms with Gasteiger partial charge in [0, 0.05) is 28.4 Å². The number of hydrogen-bond donors (Lipinski definition) is 1. The maximum absolute atomic E-state index is 13.4. The van der Waals surface area contributed by atoms with Gasteiger partial charge in [-0.2, -0.15) is 0 Å². The molecule has 0 aliphatic rings. The molecule has 0 fully saturated rings. The van der Waals surface area contributed by atoms with Crippen molar-refractivity contribution in [2.45, 2.75) is 18.6 Å². The van der Waals surface area contributed by atoms with Crippen LogP contribution in [0.25, 0.3) is 32.7 Å². The van der Waals surface area contributed by atoms with Crippen LogP contribution in [0.3, 0.4) is 0 Å². The number of carbonyl (C=O) groups excluding carboxylic acids is 2. The first-order chi connectivity index (χ1) is 19.0. The number of carbonyl (C=O) groups is 2. The predicted octanol–water partition coefficient (Wildman–Crippen LogP) is 6.54. The van der Waals surface area contributed by atoms with Crippen molar-refractivity contribution in [1.82, 2.24) is 9.55 Å². The lowest BCUT2D eigenvalue weighted by Crippen LogP contribution is -2.23. The molecular weight excluding hydrogens is 555 g/mol. The zero-order valence-electron chi connectivity index (χ0n) is 20.8. The first-order valence-electron chi connectivity index (χ1n) is 11.9. The van der Waals surface area contributed by atoms with Gasteiger partial charge >= 0.3 is 5.97 Å². The highest BCUT2D eigenvalue weighted by molar-refractivity contribution is 7.99. The quantitative estimate of drug-likeness (QED) is 0.0870. The highest BCUT2D eigenvalue weighted by Crippen LogP contribution is 2.37. The number of nitrogens with zero attached hydrogens (tertiary/aromatic N) is 2. The number of hydrogen-bond acceptors (Lipinski definition) is 9. The van der Waals surface area contributed by atoms with Gasteiger partial charge in [0.2, 0.25) is 5.91 Å². The van der Waals surface area contributed by atoms with E-state index in [0.717, 1.165) is 17.3 Å². The smallest absolute Gasteiger partial charge is 0.341 e. The van der Waals surface area contributed by atoms with Gasteiger partial charge in [-0.15, -0.1) is 29.3 Å². The van der Waals surface area contributed by atoms with Crippen LogP contribution in [0.4, 0.5) is 5.00 Å². The van der Waals surface area contributed by atoms with E-state index in [2.05, 4.69) is 16.9 Å². The number of allylic oxidation sites excluding steroid dienone is 1. The summed E-state index contributed by atoms with van der Waals surface area (Å²) in [5.41, 5.74) is 2.31. The van der Waals surface area contributed by atoms with Crippen molar-refractivity contribution >= 4 is 61.5 Å². The van der Waals surface area contributed by atoms with Crippen molar-refractivity contribution in [2.75, 3.05) is 17.7 Å². The van der Waals surface area contributed by atoms with Crippen molar-refractivity contribution < 1.29 is 18.7 Å². The predicted molar refractivity (Wildman–Crippen MR) is 157 cm³/mol. The van der Waals surface area contributed by atoms with Crippen molar-refractivity contribution in [3.05, 3.63) is 88.1 Å². The second kappa shape index (κ2) is 11.9. The van der Waals surface area contributed by atoms with Gasteiger partial charge in [0.05, 0.1) is 24.0 Å². The molecule has 0 bridgehead atoms. The molecule has 198 valence electrons. The van der Waals surface area contributed by atoms with E-state index in [-0.39, 0.29) is 30.4 Å². The number of esters is 1. The van der Waals surface area contributed by atoms with E-state index in [1.165, 1.54) is 27.2 Å². The average Bonchev–Trinajstić information content (AvgIpc) is 3.70. The van der Waals surface area contributed by atoms with Gasteiger partial charge in [-0.25, -0.2) is 9.78 Å². The molecule has 0 atom stereocenters. The maximum atomic E-state index is 13.4. The van der Waals surface area contributed by atoms with E-state index < -0.39 is 5.97 Å². The second-order valence-electron chi connectivity index (χ2n) is 8.18. The zero-order chi connectivity index (χ0) is 27.4. The summed E-state index contributed by atoms with van der Waals surface area (Å²) in [6, 6.07) is 13.0. The molecule has 5 rings (SSSR count). The van der Waals surface area contributed by atoms with Crippen LogP contribution in [0.5, 0.6) is 0 Å². The van der Waals surface area contributed by atoms with Crippen LogP contribution in [0.1, 0.15) is 17.3 Å². The van der Waals surface area contributed by atoms with Crippen LogP contribution in [-0.4, -0.2) is 33.8 Å². The third kappa shape index (κ3) is 5.47. The Bertz CT molecular complexity index is 1700. The topological polar surface area (TPSA) is 103 Å². The summed E-state index contributed by atoms with van der Waals surface area (Å²) < 4.78 is 12.3. The number of thioether (sulfide) groups is 1. The summed E-state index contributed by atoms with van der Waals surface area (Å²) in [6.45, 7) is 5.95. The summed E-state index contributed by atoms with van der Waals surface area (Å²) >= 11 is 3.74. The number of furan rings is 1. The number of amides is 1. The van der Waals surface area contributed by atoms with Gasteiger partial charge in [-0.1, -0.05) is 48.2 Å². The molecule has 0 aliphatic carbocycles. The maximum Gasteiger partial charge on any atom is 0.341 e. The molecule has 0 saturated heterocycles. The fourth-order valence-corrected chi connectivity index (χ4v) is 6.75. The van der Waals surface area contributed by atoms with Crippen LogP contribution in [0, 0.1) is 0 Å². The Kier molecular flexibility index (Phi) is 8.10. The monoisotopic (exact) mass is 577 g/mol. The van der Waals surface area contributed by atoms with E-state index in [1.807, 2.05) is 41.1 Å². The van der Waals surface area contributed by atoms with E-state index in [9.17, 15) is 14.4 Å². The number of ether oxygens (including phenoxy) is 1. The average molecular weight is 578 g/mol. The Labute approximate surface area is 236 Å². The van der Waals surface area contributed by atoms with Gasteiger partial charge in [0.15, 0.2) is 5.16 Å². The number of nitrogens with one attached hydrogen (secondary N) is 1. The molecule has 8 nitrogen and oxygen atoms in total. The van der Waals surface area contributed by atoms with E-state index in [1.54, 1.807) is 31.4 Å². The largest absolute Gasteiger partial charge is 0.464 e. The highest BCUT2D eigenvalue weighted by atomic mass is 32.2. The van der Waals surface area contributed by atoms with Crippen molar-refractivity contribution in [2.24, 2.45) is 0 Å². The third-order valence-corrected chi connectivity index (χ3v) is 8.44. The number of anilines is 1. The van der Waals surface area contributed by atoms with Crippen molar-refractivity contribution in [3.8, 4) is 22.5 Å². The van der Waals surface area contributed by atoms with Gasteiger partial charge in [0.25, 0.3) is 5.56 Å². The van der Waals surface area contributed by atoms with Crippen molar-refractivity contribution in [1.29, 1.82) is 0 Å². The number of fused-ring (bicyclic) bond motifs is 1. The molecular formula is C28H23N3O5S3. The van der Waals surface area contributed by atoms with E-state index >= 15 is 0 Å². The number of benzene rings is 1. The fourth-order valence-electron chi connectivity index (χ4n) is 4.00. The Morgan fingerprint density at radius 3 is 2.67 bits per heavy atom. The minimum absolute atomic E-state index is 0.0215. The fraction of sp³-hybridized carbons (Fsp3) is 0.143. The highest BCUT2D eigenvalue weighted by Gasteiger charge is 2.23. The molecule has 0 aliphatic heterocycles. The van der Waals surface area contributed by atoms with E-state index in [0.29, 0.717) is 42.8 Å². The van der Waals surface area contributed by atoms with E-state index in [4.69, 9.17) is 9.15 Å². The summed E-state index contributed by atoms with van der Waals surface area (Å²) in [5, 5.41) is 7.80. The van der Waals surface area contributed by atoms with Gasteiger partial charge < -0.3 is 14.5 Å². The summed E-state index contributed by atoms with van der Waals surface area (Å²) in [4.78, 5) is 44.5. The minimum Gasteiger partial charge on any atom is -0.464 e. The SMILES string of the molecule is C=CCn1c(SCC(=O)Nc2scc(-c3ccccc3)c2C(=O)OCC)nc2scc(-c3ccco3)c2c1=O. The summed E-state index contributed by atoms with van der Waals surface area (Å²) in [5.74, 6) is -0.272. The Morgan fingerprint density at radius 1 is 1.15 bits per heavy atom. The summed E-state index contributed by atoms with van der Waals surface area (Å²) in [6.07, 6.45) is 3.17. The molecule has 1 aromatic carbocycles. The molecule has 0 unspecified atom stereocenters. The first kappa shape index (κ1) is 26.7. The molecule has 39 heavy (non-hydrogen) atoms. The Hall–Kier alpha value is -3.93. The second-order valence-corrected chi connectivity index (χ2v) is 10.9. The van der Waals surface area contributed by atoms with Crippen LogP contribution in [-0.2, 0) is 16.1 Å². The summed E-state index contributed by atoms with van der Waals surface area (Å²) in [7, 11) is 0. The molecule has 1 amide bonds. The lowest BCUT2D eigenvalue weighted by atomic mass is 10.0. The number of thiophene rings is 2. The molecule has 1 N–H and O–H groups in total. The molecule has 5 aromatic rings. The molecule has 0 spiro atoms.